The van der Waals surface area contributed by atoms with Gasteiger partial charge in [0.05, 0.1) is 0 Å². The second-order valence-electron chi connectivity index (χ2n) is 3.67. The van der Waals surface area contributed by atoms with Crippen LogP contribution in [0.15, 0.2) is 30.5 Å². The molecule has 0 saturated heterocycles. The summed E-state index contributed by atoms with van der Waals surface area (Å²) in [5, 5.41) is 9.86. The van der Waals surface area contributed by atoms with Crippen molar-refractivity contribution in [3.8, 4) is 11.1 Å². The number of hydrogen-bond acceptors (Lipinski definition) is 5. The highest BCUT2D eigenvalue weighted by molar-refractivity contribution is 5.76. The van der Waals surface area contributed by atoms with E-state index in [0.29, 0.717) is 5.56 Å². The first-order chi connectivity index (χ1) is 8.58. The monoisotopic (exact) mass is 245 g/mol. The van der Waals surface area contributed by atoms with Crippen LogP contribution in [0.4, 0.5) is 11.8 Å². The molecule has 0 atom stereocenters. The van der Waals surface area contributed by atoms with Crippen LogP contribution >= 0.6 is 0 Å². The zero-order valence-corrected chi connectivity index (χ0v) is 9.62. The molecule has 7 heteroatoms. The molecular formula is C11H11N5O2. The number of benzene rings is 1. The molecular weight excluding hydrogens is 234 g/mol. The van der Waals surface area contributed by atoms with Crippen LogP contribution in [0.25, 0.3) is 11.1 Å². The van der Waals surface area contributed by atoms with E-state index in [2.05, 4.69) is 9.97 Å². The summed E-state index contributed by atoms with van der Waals surface area (Å²) in [4.78, 5) is 18.3. The number of nitrogens with one attached hydrogen (secondary N) is 1. The number of anilines is 2. The Kier molecular flexibility index (Phi) is 3.05. The summed E-state index contributed by atoms with van der Waals surface area (Å²) < 4.78 is 0. The van der Waals surface area contributed by atoms with E-state index in [9.17, 15) is 10.1 Å². The molecule has 1 aromatic carbocycles. The molecule has 0 aliphatic rings. The lowest BCUT2D eigenvalue weighted by atomic mass is 10.0. The predicted molar refractivity (Wildman–Crippen MR) is 67.2 cm³/mol. The zero-order chi connectivity index (χ0) is 13.1. The van der Waals surface area contributed by atoms with Crippen LogP contribution in [0.2, 0.25) is 0 Å². The van der Waals surface area contributed by atoms with Crippen molar-refractivity contribution in [3.63, 3.8) is 0 Å². The van der Waals surface area contributed by atoms with Gasteiger partial charge in [-0.15, -0.1) is 0 Å². The molecule has 0 aliphatic carbocycles. The first-order valence-electron chi connectivity index (χ1n) is 5.17. The molecule has 0 saturated carbocycles. The van der Waals surface area contributed by atoms with Crippen LogP contribution in [-0.4, -0.2) is 15.0 Å². The summed E-state index contributed by atoms with van der Waals surface area (Å²) in [5.41, 5.74) is 9.80. The van der Waals surface area contributed by atoms with Crippen LogP contribution in [0.3, 0.4) is 0 Å². The predicted octanol–water partition coefficient (Wildman–Crippen LogP) is 1.64. The summed E-state index contributed by atoms with van der Waals surface area (Å²) in [6.45, 7) is 1.90. The maximum atomic E-state index is 10.5. The van der Waals surface area contributed by atoms with Gasteiger partial charge in [-0.05, 0) is 18.1 Å². The highest BCUT2D eigenvalue weighted by Crippen LogP contribution is 2.28. The average molecular weight is 245 g/mol. The molecule has 0 aliphatic heterocycles. The van der Waals surface area contributed by atoms with E-state index in [4.69, 9.17) is 5.73 Å². The van der Waals surface area contributed by atoms with Gasteiger partial charge in [-0.2, -0.15) is 4.98 Å². The van der Waals surface area contributed by atoms with Gasteiger partial charge in [0, 0.05) is 11.8 Å². The van der Waals surface area contributed by atoms with E-state index >= 15 is 0 Å². The van der Waals surface area contributed by atoms with E-state index < -0.39 is 5.03 Å². The Balaban J connectivity index is 2.57. The van der Waals surface area contributed by atoms with Gasteiger partial charge < -0.3 is 5.73 Å². The van der Waals surface area contributed by atoms with Crippen molar-refractivity contribution in [3.05, 3.63) is 46.1 Å². The molecule has 0 bridgehead atoms. The Labute approximate surface area is 103 Å². The van der Waals surface area contributed by atoms with E-state index in [1.165, 1.54) is 6.20 Å². The lowest BCUT2D eigenvalue weighted by Crippen LogP contribution is -2.12. The van der Waals surface area contributed by atoms with Crippen LogP contribution in [0, 0.1) is 17.0 Å². The number of hydrogen-bond donors (Lipinski definition) is 2. The molecule has 0 spiro atoms. The molecule has 18 heavy (non-hydrogen) atoms. The lowest BCUT2D eigenvalue weighted by molar-refractivity contribution is -0.445. The Hall–Kier alpha value is -2.70. The number of nitrogen functional groups attached to an aromatic ring is 1. The SMILES string of the molecule is Cc1ccccc1-c1cnc(N)nc1N[N+](=O)[O-]. The fraction of sp³-hybridized carbons (Fsp3) is 0.0909. The fourth-order valence-electron chi connectivity index (χ4n) is 1.64. The summed E-state index contributed by atoms with van der Waals surface area (Å²) in [7, 11) is 0. The second-order valence-corrected chi connectivity index (χ2v) is 3.67. The minimum Gasteiger partial charge on any atom is -0.368 e. The lowest BCUT2D eigenvalue weighted by Gasteiger charge is -2.08. The van der Waals surface area contributed by atoms with Gasteiger partial charge in [0.2, 0.25) is 11.8 Å². The molecule has 3 N–H and O–H groups in total. The molecule has 2 aromatic rings. The molecule has 1 aromatic heterocycles. The fourth-order valence-corrected chi connectivity index (χ4v) is 1.64. The molecule has 0 radical (unpaired) electrons. The summed E-state index contributed by atoms with van der Waals surface area (Å²) in [5.74, 6) is 0.0680. The first kappa shape index (κ1) is 11.8. The quantitative estimate of drug-likeness (QED) is 0.628. The smallest absolute Gasteiger partial charge is 0.222 e. The third-order valence-electron chi connectivity index (χ3n) is 2.44. The molecule has 2 rings (SSSR count). The topological polar surface area (TPSA) is 107 Å². The van der Waals surface area contributed by atoms with Crippen LogP contribution in [-0.2, 0) is 0 Å². The van der Waals surface area contributed by atoms with E-state index in [-0.39, 0.29) is 11.8 Å². The maximum absolute atomic E-state index is 10.5. The molecule has 0 fully saturated rings. The van der Waals surface area contributed by atoms with Gasteiger partial charge >= 0.3 is 0 Å². The molecule has 1 heterocycles. The standard InChI is InChI=1S/C11H11N5O2/c1-7-4-2-3-5-8(7)9-6-13-11(12)14-10(9)15-16(17)18/h2-6H,1H3,(H3,12,13,14,15). The van der Waals surface area contributed by atoms with Gasteiger partial charge in [0.1, 0.15) is 0 Å². The Bertz CT molecular complexity index is 600. The maximum Gasteiger partial charge on any atom is 0.222 e. The largest absolute Gasteiger partial charge is 0.368 e. The minimum atomic E-state index is -0.677. The highest BCUT2D eigenvalue weighted by atomic mass is 16.7. The third kappa shape index (κ3) is 2.34. The van der Waals surface area contributed by atoms with E-state index in [0.717, 1.165) is 11.1 Å². The van der Waals surface area contributed by atoms with Crippen molar-refractivity contribution in [1.29, 1.82) is 0 Å². The average Bonchev–Trinajstić information content (AvgIpc) is 2.30. The van der Waals surface area contributed by atoms with Crippen molar-refractivity contribution in [1.82, 2.24) is 9.97 Å². The molecule has 0 unspecified atom stereocenters. The van der Waals surface area contributed by atoms with Crippen LogP contribution < -0.4 is 11.2 Å². The molecule has 0 amide bonds. The van der Waals surface area contributed by atoms with Crippen molar-refractivity contribution in [2.75, 3.05) is 11.2 Å². The van der Waals surface area contributed by atoms with Crippen molar-refractivity contribution in [2.24, 2.45) is 0 Å². The van der Waals surface area contributed by atoms with Gasteiger partial charge in [0.25, 0.3) is 0 Å². The Morgan fingerprint density at radius 2 is 2.06 bits per heavy atom. The first-order valence-corrected chi connectivity index (χ1v) is 5.17. The van der Waals surface area contributed by atoms with Crippen LogP contribution in [0.5, 0.6) is 0 Å². The normalized spacial score (nSPS) is 10.1. The molecule has 7 nitrogen and oxygen atoms in total. The van der Waals surface area contributed by atoms with Gasteiger partial charge in [-0.1, -0.05) is 29.7 Å². The zero-order valence-electron chi connectivity index (χ0n) is 9.62. The number of nitro groups is 1. The second kappa shape index (κ2) is 4.66. The van der Waals surface area contributed by atoms with E-state index in [1.807, 2.05) is 36.6 Å². The summed E-state index contributed by atoms with van der Waals surface area (Å²) in [6.07, 6.45) is 1.47. The summed E-state index contributed by atoms with van der Waals surface area (Å²) in [6, 6.07) is 7.48. The molecule has 92 valence electrons. The van der Waals surface area contributed by atoms with E-state index in [1.54, 1.807) is 0 Å². The van der Waals surface area contributed by atoms with Crippen molar-refractivity contribution >= 4 is 11.8 Å². The highest BCUT2D eigenvalue weighted by Gasteiger charge is 2.13. The van der Waals surface area contributed by atoms with Crippen molar-refractivity contribution < 1.29 is 5.03 Å². The third-order valence-corrected chi connectivity index (χ3v) is 2.44. The Morgan fingerprint density at radius 1 is 1.33 bits per heavy atom. The van der Waals surface area contributed by atoms with Gasteiger partial charge in [-0.3, -0.25) is 0 Å². The van der Waals surface area contributed by atoms with Crippen LogP contribution in [0.1, 0.15) is 5.56 Å². The number of hydrazine groups is 1. The number of rotatable bonds is 3. The number of nitrogens with zero attached hydrogens (tertiary/aromatic N) is 3. The number of nitrogens with two attached hydrogens (primary N) is 1. The van der Waals surface area contributed by atoms with Gasteiger partial charge in [0.15, 0.2) is 5.03 Å². The number of aromatic nitrogens is 2. The minimum absolute atomic E-state index is 0.0170. The summed E-state index contributed by atoms with van der Waals surface area (Å²) >= 11 is 0. The van der Waals surface area contributed by atoms with Gasteiger partial charge in [-0.25, -0.2) is 15.1 Å². The Morgan fingerprint density at radius 3 is 2.72 bits per heavy atom. The van der Waals surface area contributed by atoms with Crippen molar-refractivity contribution in [2.45, 2.75) is 6.92 Å². The number of aryl methyl sites for hydroxylation is 1.